The molecule has 1 aliphatic carbocycles. The fourth-order valence-electron chi connectivity index (χ4n) is 3.46. The van der Waals surface area contributed by atoms with Gasteiger partial charge in [-0.15, -0.1) is 0 Å². The molecule has 118 valence electrons. The minimum absolute atomic E-state index is 0.0157. The van der Waals surface area contributed by atoms with Gasteiger partial charge in [0.2, 0.25) is 5.91 Å². The lowest BCUT2D eigenvalue weighted by molar-refractivity contribution is -0.151. The first-order valence-electron chi connectivity index (χ1n) is 7.64. The van der Waals surface area contributed by atoms with Gasteiger partial charge in [-0.25, -0.2) is 0 Å². The number of nitrogens with two attached hydrogens (primary N) is 1. The summed E-state index contributed by atoms with van der Waals surface area (Å²) in [6, 6.07) is 0.218. The number of nitrogens with zero attached hydrogens (tertiary/aromatic N) is 1. The average Bonchev–Trinajstić information content (AvgIpc) is 2.81. The Labute approximate surface area is 125 Å². The molecule has 2 fully saturated rings. The third-order valence-electron chi connectivity index (χ3n) is 4.91. The molecule has 6 heteroatoms. The lowest BCUT2D eigenvalue weighted by atomic mass is 9.77. The third-order valence-corrected chi connectivity index (χ3v) is 4.91. The van der Waals surface area contributed by atoms with Gasteiger partial charge in [-0.1, -0.05) is 26.7 Å². The molecule has 1 heterocycles. The molecule has 4 atom stereocenters. The highest BCUT2D eigenvalue weighted by Crippen LogP contribution is 2.35. The van der Waals surface area contributed by atoms with Crippen LogP contribution in [0.5, 0.6) is 0 Å². The normalized spacial score (nSPS) is 33.0. The number of ether oxygens (including phenoxy) is 1. The van der Waals surface area contributed by atoms with E-state index in [1.165, 1.54) is 6.42 Å². The Hall–Kier alpha value is -1.59. The van der Waals surface area contributed by atoms with Crippen molar-refractivity contribution in [2.45, 2.75) is 45.6 Å². The van der Waals surface area contributed by atoms with Crippen LogP contribution in [0.3, 0.4) is 0 Å². The molecule has 2 N–H and O–H groups in total. The van der Waals surface area contributed by atoms with Crippen LogP contribution in [0.25, 0.3) is 0 Å². The number of hydrogen-bond donors (Lipinski definition) is 1. The van der Waals surface area contributed by atoms with Gasteiger partial charge in [0.1, 0.15) is 0 Å². The molecule has 1 saturated carbocycles. The van der Waals surface area contributed by atoms with Gasteiger partial charge in [0.25, 0.3) is 5.91 Å². The second-order valence-electron chi connectivity index (χ2n) is 6.36. The molecular formula is C15H24N2O4. The fourth-order valence-corrected chi connectivity index (χ4v) is 3.46. The zero-order valence-electron chi connectivity index (χ0n) is 12.7. The first kappa shape index (κ1) is 15.8. The Bertz CT molecular complexity index is 437. The summed E-state index contributed by atoms with van der Waals surface area (Å²) in [6.07, 6.45) is 3.50. The number of primary amides is 1. The number of likely N-dealkylation sites (tertiary alicyclic amines) is 1. The lowest BCUT2D eigenvalue weighted by Gasteiger charge is -2.39. The van der Waals surface area contributed by atoms with Crippen LogP contribution >= 0.6 is 0 Å². The standard InChI is InChI=1S/C15H24N2O4/c1-9-4-3-5-12(10(9)2)17-7-11(6-14(17)19)15(20)21-8-13(16)18/h9-12H,3-8H2,1-2H3,(H2,16,18)/t9-,10+,11+,12+/m0/s1. The lowest BCUT2D eigenvalue weighted by Crippen LogP contribution is -2.45. The van der Waals surface area contributed by atoms with Crippen molar-refractivity contribution in [3.05, 3.63) is 0 Å². The van der Waals surface area contributed by atoms with Gasteiger partial charge in [-0.05, 0) is 18.3 Å². The van der Waals surface area contributed by atoms with E-state index in [0.717, 1.165) is 12.8 Å². The van der Waals surface area contributed by atoms with E-state index in [-0.39, 0.29) is 18.4 Å². The van der Waals surface area contributed by atoms with Crippen molar-refractivity contribution in [2.24, 2.45) is 23.5 Å². The molecule has 0 radical (unpaired) electrons. The van der Waals surface area contributed by atoms with Gasteiger partial charge < -0.3 is 15.4 Å². The summed E-state index contributed by atoms with van der Waals surface area (Å²) < 4.78 is 4.83. The maximum Gasteiger partial charge on any atom is 0.311 e. The molecule has 6 nitrogen and oxygen atoms in total. The SMILES string of the molecule is C[C@H]1[C@H](N2C[C@H](C(=O)OCC(N)=O)CC2=O)CCC[C@@H]1C. The number of carbonyl (C=O) groups excluding carboxylic acids is 3. The summed E-state index contributed by atoms with van der Waals surface area (Å²) >= 11 is 0. The van der Waals surface area contributed by atoms with Crippen LogP contribution in [0.4, 0.5) is 0 Å². The summed E-state index contributed by atoms with van der Waals surface area (Å²) in [5.74, 6) is -0.593. The van der Waals surface area contributed by atoms with E-state index in [4.69, 9.17) is 10.5 Å². The topological polar surface area (TPSA) is 89.7 Å². The molecule has 0 spiro atoms. The van der Waals surface area contributed by atoms with Gasteiger partial charge in [0, 0.05) is 19.0 Å². The summed E-state index contributed by atoms with van der Waals surface area (Å²) in [6.45, 7) is 4.38. The molecule has 0 aromatic heterocycles. The van der Waals surface area contributed by atoms with E-state index in [2.05, 4.69) is 13.8 Å². The first-order valence-corrected chi connectivity index (χ1v) is 7.64. The van der Waals surface area contributed by atoms with Crippen LogP contribution in [0.1, 0.15) is 39.5 Å². The van der Waals surface area contributed by atoms with Crippen molar-refractivity contribution < 1.29 is 19.1 Å². The molecule has 21 heavy (non-hydrogen) atoms. The molecule has 2 aliphatic rings. The molecular weight excluding hydrogens is 272 g/mol. The highest BCUT2D eigenvalue weighted by molar-refractivity contribution is 5.88. The van der Waals surface area contributed by atoms with Crippen molar-refractivity contribution >= 4 is 17.8 Å². The zero-order valence-corrected chi connectivity index (χ0v) is 12.7. The van der Waals surface area contributed by atoms with Gasteiger partial charge in [-0.3, -0.25) is 14.4 Å². The Morgan fingerprint density at radius 3 is 2.71 bits per heavy atom. The van der Waals surface area contributed by atoms with E-state index in [0.29, 0.717) is 18.4 Å². The Kier molecular flexibility index (Phi) is 4.85. The van der Waals surface area contributed by atoms with Crippen LogP contribution in [-0.4, -0.2) is 41.9 Å². The van der Waals surface area contributed by atoms with Gasteiger partial charge in [-0.2, -0.15) is 0 Å². The number of hydrogen-bond acceptors (Lipinski definition) is 4. The Morgan fingerprint density at radius 1 is 1.33 bits per heavy atom. The van der Waals surface area contributed by atoms with Crippen molar-refractivity contribution in [1.82, 2.24) is 4.90 Å². The summed E-state index contributed by atoms with van der Waals surface area (Å²) in [4.78, 5) is 36.6. The largest absolute Gasteiger partial charge is 0.455 e. The monoisotopic (exact) mass is 296 g/mol. The van der Waals surface area contributed by atoms with Crippen LogP contribution in [0.15, 0.2) is 0 Å². The minimum Gasteiger partial charge on any atom is -0.455 e. The third kappa shape index (κ3) is 3.54. The summed E-state index contributed by atoms with van der Waals surface area (Å²) in [7, 11) is 0. The van der Waals surface area contributed by atoms with Crippen LogP contribution in [0, 0.1) is 17.8 Å². The van der Waals surface area contributed by atoms with Crippen LogP contribution in [-0.2, 0) is 19.1 Å². The first-order chi connectivity index (χ1) is 9.90. The predicted octanol–water partition coefficient (Wildman–Crippen LogP) is 0.688. The van der Waals surface area contributed by atoms with E-state index in [1.54, 1.807) is 0 Å². The highest BCUT2D eigenvalue weighted by Gasteiger charge is 2.42. The molecule has 0 aromatic carbocycles. The maximum absolute atomic E-state index is 12.2. The molecule has 0 bridgehead atoms. The van der Waals surface area contributed by atoms with Crippen LogP contribution in [0.2, 0.25) is 0 Å². The zero-order chi connectivity index (χ0) is 15.6. The maximum atomic E-state index is 12.2. The number of carbonyl (C=O) groups is 3. The molecule has 0 aromatic rings. The van der Waals surface area contributed by atoms with Gasteiger partial charge in [0.15, 0.2) is 6.61 Å². The Balaban J connectivity index is 1.96. The van der Waals surface area contributed by atoms with Crippen molar-refractivity contribution in [3.63, 3.8) is 0 Å². The van der Waals surface area contributed by atoms with Crippen molar-refractivity contribution in [1.29, 1.82) is 0 Å². The van der Waals surface area contributed by atoms with E-state index in [1.807, 2.05) is 4.90 Å². The molecule has 2 amide bonds. The van der Waals surface area contributed by atoms with Gasteiger partial charge >= 0.3 is 5.97 Å². The molecule has 1 aliphatic heterocycles. The van der Waals surface area contributed by atoms with Crippen molar-refractivity contribution in [2.75, 3.05) is 13.2 Å². The highest BCUT2D eigenvalue weighted by atomic mass is 16.5. The summed E-state index contributed by atoms with van der Waals surface area (Å²) in [5.41, 5.74) is 4.95. The van der Waals surface area contributed by atoms with E-state index < -0.39 is 24.4 Å². The quantitative estimate of drug-likeness (QED) is 0.773. The van der Waals surface area contributed by atoms with Gasteiger partial charge in [0.05, 0.1) is 5.92 Å². The van der Waals surface area contributed by atoms with E-state index in [9.17, 15) is 14.4 Å². The van der Waals surface area contributed by atoms with E-state index >= 15 is 0 Å². The summed E-state index contributed by atoms with van der Waals surface area (Å²) in [5, 5.41) is 0. The van der Waals surface area contributed by atoms with Crippen LogP contribution < -0.4 is 5.73 Å². The smallest absolute Gasteiger partial charge is 0.311 e. The number of amides is 2. The predicted molar refractivity (Wildman–Crippen MR) is 75.9 cm³/mol. The fraction of sp³-hybridized carbons (Fsp3) is 0.800. The molecule has 2 rings (SSSR count). The minimum atomic E-state index is -0.681. The molecule has 0 unspecified atom stereocenters. The number of esters is 1. The Morgan fingerprint density at radius 2 is 2.05 bits per heavy atom. The second-order valence-corrected chi connectivity index (χ2v) is 6.36. The number of rotatable bonds is 4. The molecule has 1 saturated heterocycles. The van der Waals surface area contributed by atoms with Crippen molar-refractivity contribution in [3.8, 4) is 0 Å². The second kappa shape index (κ2) is 6.45. The average molecular weight is 296 g/mol.